The van der Waals surface area contributed by atoms with Crippen LogP contribution in [0.4, 0.5) is 9.52 Å². The molecule has 7 nitrogen and oxygen atoms in total. The van der Waals surface area contributed by atoms with E-state index >= 15 is 0 Å². The van der Waals surface area contributed by atoms with E-state index in [2.05, 4.69) is 10.3 Å². The summed E-state index contributed by atoms with van der Waals surface area (Å²) in [5.74, 6) is -0.979. The van der Waals surface area contributed by atoms with Gasteiger partial charge in [0.05, 0.1) is 10.6 Å². The largest absolute Gasteiger partial charge is 0.302 e. The minimum absolute atomic E-state index is 0.129. The van der Waals surface area contributed by atoms with E-state index in [1.807, 2.05) is 0 Å². The molecule has 0 atom stereocenters. The number of thiazole rings is 1. The molecule has 0 saturated carbocycles. The van der Waals surface area contributed by atoms with E-state index < -0.39 is 10.0 Å². The van der Waals surface area contributed by atoms with Crippen molar-refractivity contribution in [1.29, 1.82) is 0 Å². The average molecular weight is 488 g/mol. The van der Waals surface area contributed by atoms with E-state index in [4.69, 9.17) is 0 Å². The highest BCUT2D eigenvalue weighted by atomic mass is 32.2. The summed E-state index contributed by atoms with van der Waals surface area (Å²) in [5.41, 5.74) is 1.85. The number of hydrogen-bond donors (Lipinski definition) is 1. The number of nitrogens with one attached hydrogen (secondary N) is 1. The standard InChI is InChI=1S/C23H22FN3O4S2/c1-15(28)16-4-8-20(9-5-16)33(30,31)27-12-10-18(11-13-27)22(29)26-23-25-21(14-32-23)17-2-6-19(24)7-3-17/h2-9,14,18H,10-13H2,1H3,(H,25,26,29). The van der Waals surface area contributed by atoms with Crippen LogP contribution in [0.25, 0.3) is 11.3 Å². The van der Waals surface area contributed by atoms with E-state index in [-0.39, 0.29) is 41.4 Å². The Morgan fingerprint density at radius 3 is 2.30 bits per heavy atom. The van der Waals surface area contributed by atoms with Crippen LogP contribution in [0, 0.1) is 11.7 Å². The Hall–Kier alpha value is -2.95. The highest BCUT2D eigenvalue weighted by Crippen LogP contribution is 2.28. The second-order valence-corrected chi connectivity index (χ2v) is 10.6. The number of carbonyl (C=O) groups excluding carboxylic acids is 2. The zero-order valence-electron chi connectivity index (χ0n) is 17.8. The van der Waals surface area contributed by atoms with Crippen molar-refractivity contribution in [3.63, 3.8) is 0 Å². The molecular formula is C23H22FN3O4S2. The number of Topliss-reactive ketones (excluding diaryl/α,β-unsaturated/α-hetero) is 1. The number of aromatic nitrogens is 1. The summed E-state index contributed by atoms with van der Waals surface area (Å²) in [7, 11) is -3.69. The van der Waals surface area contributed by atoms with Crippen molar-refractivity contribution in [3.05, 3.63) is 65.3 Å². The number of hydrogen-bond acceptors (Lipinski definition) is 6. The van der Waals surface area contributed by atoms with Gasteiger partial charge in [0.25, 0.3) is 0 Å². The van der Waals surface area contributed by atoms with Gasteiger partial charge in [-0.05, 0) is 56.2 Å². The van der Waals surface area contributed by atoms with E-state index in [0.717, 1.165) is 5.56 Å². The molecule has 172 valence electrons. The molecule has 0 radical (unpaired) electrons. The molecule has 2 heterocycles. The zero-order chi connectivity index (χ0) is 23.6. The number of carbonyl (C=O) groups is 2. The van der Waals surface area contributed by atoms with Crippen molar-refractivity contribution in [3.8, 4) is 11.3 Å². The highest BCUT2D eigenvalue weighted by Gasteiger charge is 2.32. The van der Waals surface area contributed by atoms with Crippen LogP contribution in [0.15, 0.2) is 58.8 Å². The summed E-state index contributed by atoms with van der Waals surface area (Å²) in [4.78, 5) is 28.6. The summed E-state index contributed by atoms with van der Waals surface area (Å²) in [6, 6.07) is 11.8. The predicted octanol–water partition coefficient (Wildman–Crippen LogP) is 4.19. The first-order valence-corrected chi connectivity index (χ1v) is 12.7. The van der Waals surface area contributed by atoms with Gasteiger partial charge in [0.2, 0.25) is 15.9 Å². The van der Waals surface area contributed by atoms with Crippen LogP contribution >= 0.6 is 11.3 Å². The molecule has 1 saturated heterocycles. The maximum Gasteiger partial charge on any atom is 0.243 e. The van der Waals surface area contributed by atoms with Crippen molar-refractivity contribution in [1.82, 2.24) is 9.29 Å². The quantitative estimate of drug-likeness (QED) is 0.526. The van der Waals surface area contributed by atoms with E-state index in [1.165, 1.54) is 59.0 Å². The molecule has 0 unspecified atom stereocenters. The number of amides is 1. The number of nitrogens with zero attached hydrogens (tertiary/aromatic N) is 2. The summed E-state index contributed by atoms with van der Waals surface area (Å²) in [6.07, 6.45) is 0.791. The molecule has 1 aliphatic rings. The van der Waals surface area contributed by atoms with E-state index in [1.54, 1.807) is 17.5 Å². The fourth-order valence-corrected chi connectivity index (χ4v) is 5.85. The Morgan fingerprint density at radius 2 is 1.70 bits per heavy atom. The Morgan fingerprint density at radius 1 is 1.06 bits per heavy atom. The highest BCUT2D eigenvalue weighted by molar-refractivity contribution is 7.89. The lowest BCUT2D eigenvalue weighted by molar-refractivity contribution is -0.120. The van der Waals surface area contributed by atoms with Crippen LogP contribution < -0.4 is 5.32 Å². The van der Waals surface area contributed by atoms with Crippen molar-refractivity contribution in [2.24, 2.45) is 5.92 Å². The zero-order valence-corrected chi connectivity index (χ0v) is 19.5. The van der Waals surface area contributed by atoms with Gasteiger partial charge < -0.3 is 5.32 Å². The number of anilines is 1. The smallest absolute Gasteiger partial charge is 0.243 e. The van der Waals surface area contributed by atoms with Gasteiger partial charge in [0.1, 0.15) is 5.82 Å². The minimum Gasteiger partial charge on any atom is -0.302 e. The lowest BCUT2D eigenvalue weighted by Crippen LogP contribution is -2.41. The third-order valence-corrected chi connectivity index (χ3v) is 8.27. The fraction of sp³-hybridized carbons (Fsp3) is 0.261. The van der Waals surface area contributed by atoms with Crippen LogP contribution in [0.5, 0.6) is 0 Å². The van der Waals surface area contributed by atoms with Crippen LogP contribution in [-0.4, -0.2) is 42.5 Å². The van der Waals surface area contributed by atoms with Crippen LogP contribution in [0.1, 0.15) is 30.1 Å². The number of rotatable bonds is 6. The van der Waals surface area contributed by atoms with Crippen LogP contribution in [-0.2, 0) is 14.8 Å². The molecular weight excluding hydrogens is 465 g/mol. The van der Waals surface area contributed by atoms with Gasteiger partial charge in [-0.15, -0.1) is 11.3 Å². The summed E-state index contributed by atoms with van der Waals surface area (Å²) in [6.45, 7) is 1.88. The minimum atomic E-state index is -3.69. The Kier molecular flexibility index (Phi) is 6.68. The first-order valence-electron chi connectivity index (χ1n) is 10.4. The van der Waals surface area contributed by atoms with Crippen LogP contribution in [0.3, 0.4) is 0 Å². The molecule has 10 heteroatoms. The number of piperidine rings is 1. The first-order chi connectivity index (χ1) is 15.7. The van der Waals surface area contributed by atoms with Gasteiger partial charge in [0, 0.05) is 35.5 Å². The van der Waals surface area contributed by atoms with Crippen molar-refractivity contribution >= 4 is 38.2 Å². The second-order valence-electron chi connectivity index (χ2n) is 7.79. The molecule has 0 bridgehead atoms. The van der Waals surface area contributed by atoms with Gasteiger partial charge in [0.15, 0.2) is 10.9 Å². The lowest BCUT2D eigenvalue weighted by Gasteiger charge is -2.30. The summed E-state index contributed by atoms with van der Waals surface area (Å²) < 4.78 is 40.3. The van der Waals surface area contributed by atoms with Crippen molar-refractivity contribution in [2.75, 3.05) is 18.4 Å². The summed E-state index contributed by atoms with van der Waals surface area (Å²) in [5, 5.41) is 5.04. The molecule has 1 aromatic heterocycles. The lowest BCUT2D eigenvalue weighted by atomic mass is 9.97. The summed E-state index contributed by atoms with van der Waals surface area (Å²) >= 11 is 1.28. The molecule has 4 rings (SSSR count). The van der Waals surface area contributed by atoms with E-state index in [0.29, 0.717) is 29.2 Å². The SMILES string of the molecule is CC(=O)c1ccc(S(=O)(=O)N2CCC(C(=O)Nc3nc(-c4ccc(F)cc4)cs3)CC2)cc1. The predicted molar refractivity (Wildman–Crippen MR) is 124 cm³/mol. The average Bonchev–Trinajstić information content (AvgIpc) is 3.28. The Labute approximate surface area is 195 Å². The second kappa shape index (κ2) is 9.50. The van der Waals surface area contributed by atoms with E-state index in [9.17, 15) is 22.4 Å². The maximum atomic E-state index is 13.1. The Bertz CT molecular complexity index is 1260. The van der Waals surface area contributed by atoms with Crippen LogP contribution in [0.2, 0.25) is 0 Å². The molecule has 3 aromatic rings. The first kappa shape index (κ1) is 23.2. The molecule has 1 amide bonds. The molecule has 2 aromatic carbocycles. The molecule has 1 N–H and O–H groups in total. The number of sulfonamides is 1. The normalized spacial score (nSPS) is 15.3. The van der Waals surface area contributed by atoms with Crippen molar-refractivity contribution in [2.45, 2.75) is 24.7 Å². The van der Waals surface area contributed by atoms with Gasteiger partial charge in [-0.1, -0.05) is 12.1 Å². The molecule has 1 aliphatic heterocycles. The third-order valence-electron chi connectivity index (χ3n) is 5.60. The molecule has 0 aliphatic carbocycles. The maximum absolute atomic E-state index is 13.1. The fourth-order valence-electron chi connectivity index (χ4n) is 3.66. The number of ketones is 1. The van der Waals surface area contributed by atoms with Gasteiger partial charge in [-0.2, -0.15) is 4.31 Å². The number of halogens is 1. The topological polar surface area (TPSA) is 96.4 Å². The van der Waals surface area contributed by atoms with Gasteiger partial charge in [-0.3, -0.25) is 9.59 Å². The molecule has 0 spiro atoms. The van der Waals surface area contributed by atoms with Crippen molar-refractivity contribution < 1.29 is 22.4 Å². The third kappa shape index (κ3) is 5.18. The molecule has 1 fully saturated rings. The van der Waals surface area contributed by atoms with Gasteiger partial charge in [-0.25, -0.2) is 17.8 Å². The monoisotopic (exact) mass is 487 g/mol. The number of benzene rings is 2. The Balaban J connectivity index is 1.35. The van der Waals surface area contributed by atoms with Gasteiger partial charge >= 0.3 is 0 Å². The molecule has 33 heavy (non-hydrogen) atoms.